The van der Waals surface area contributed by atoms with Gasteiger partial charge in [0.25, 0.3) is 0 Å². The molecule has 0 aromatic heterocycles. The number of morpholine rings is 1. The first-order chi connectivity index (χ1) is 13.5. The summed E-state index contributed by atoms with van der Waals surface area (Å²) in [5, 5.41) is 5.14. The highest BCUT2D eigenvalue weighted by Gasteiger charge is 2.29. The maximum atomic E-state index is 12.5. The first-order valence-electron chi connectivity index (χ1n) is 9.26. The van der Waals surface area contributed by atoms with E-state index in [0.717, 1.165) is 15.6 Å². The van der Waals surface area contributed by atoms with E-state index in [1.54, 1.807) is 0 Å². The fourth-order valence-electron chi connectivity index (χ4n) is 3.13. The lowest BCUT2D eigenvalue weighted by molar-refractivity contribution is -0.128. The fraction of sp³-hybridized carbons (Fsp3) is 0.333. The minimum absolute atomic E-state index is 0.103. The molecule has 28 heavy (non-hydrogen) atoms. The van der Waals surface area contributed by atoms with Gasteiger partial charge in [0.2, 0.25) is 5.91 Å². The van der Waals surface area contributed by atoms with E-state index in [4.69, 9.17) is 4.74 Å². The Hall–Kier alpha value is -2.22. The van der Waals surface area contributed by atoms with Crippen molar-refractivity contribution in [1.29, 1.82) is 0 Å². The quantitative estimate of drug-likeness (QED) is 0.740. The van der Waals surface area contributed by atoms with Crippen LogP contribution in [0.1, 0.15) is 24.2 Å². The Morgan fingerprint density at radius 1 is 1.21 bits per heavy atom. The van der Waals surface area contributed by atoms with E-state index in [2.05, 4.69) is 26.6 Å². The summed E-state index contributed by atoms with van der Waals surface area (Å²) in [6.07, 6.45) is -0.103. The van der Waals surface area contributed by atoms with Gasteiger partial charge in [-0.25, -0.2) is 4.79 Å². The normalized spacial score (nSPS) is 18.3. The molecule has 1 aliphatic rings. The number of benzene rings is 2. The summed E-state index contributed by atoms with van der Waals surface area (Å²) in [5.74, 6) is -0.319. The van der Waals surface area contributed by atoms with Crippen LogP contribution in [0.4, 0.5) is 4.79 Å². The van der Waals surface area contributed by atoms with E-state index in [1.807, 2.05) is 66.4 Å². The van der Waals surface area contributed by atoms with Crippen molar-refractivity contribution in [3.8, 4) is 0 Å². The molecule has 148 valence electrons. The largest absolute Gasteiger partial charge is 0.371 e. The van der Waals surface area contributed by atoms with Gasteiger partial charge in [-0.2, -0.15) is 0 Å². The zero-order valence-electron chi connectivity index (χ0n) is 15.7. The van der Waals surface area contributed by atoms with Gasteiger partial charge >= 0.3 is 6.03 Å². The highest BCUT2D eigenvalue weighted by Crippen LogP contribution is 2.25. The van der Waals surface area contributed by atoms with Crippen LogP contribution in [-0.4, -0.2) is 42.6 Å². The lowest BCUT2D eigenvalue weighted by atomic mass is 10.1. The molecule has 7 heteroatoms. The van der Waals surface area contributed by atoms with Crippen LogP contribution in [0.5, 0.6) is 0 Å². The Labute approximate surface area is 173 Å². The van der Waals surface area contributed by atoms with Gasteiger partial charge in [0, 0.05) is 24.1 Å². The molecule has 1 fully saturated rings. The number of amides is 3. The maximum absolute atomic E-state index is 12.5. The van der Waals surface area contributed by atoms with Gasteiger partial charge in [-0.3, -0.25) is 15.0 Å². The molecule has 0 spiro atoms. The number of ether oxygens (including phenoxy) is 1. The summed E-state index contributed by atoms with van der Waals surface area (Å²) in [6, 6.07) is 16.6. The van der Waals surface area contributed by atoms with Crippen LogP contribution in [0.15, 0.2) is 59.1 Å². The summed E-state index contributed by atoms with van der Waals surface area (Å²) in [6.45, 7) is 3.95. The topological polar surface area (TPSA) is 70.7 Å². The van der Waals surface area contributed by atoms with E-state index in [1.165, 1.54) is 0 Å². The first-order valence-corrected chi connectivity index (χ1v) is 10.1. The first kappa shape index (κ1) is 20.5. The van der Waals surface area contributed by atoms with E-state index in [0.29, 0.717) is 26.2 Å². The molecule has 0 bridgehead atoms. The van der Waals surface area contributed by atoms with E-state index >= 15 is 0 Å². The second kappa shape index (κ2) is 9.82. The number of imide groups is 1. The predicted octanol–water partition coefficient (Wildman–Crippen LogP) is 3.24. The van der Waals surface area contributed by atoms with Gasteiger partial charge in [-0.05, 0) is 30.2 Å². The second-order valence-electron chi connectivity index (χ2n) is 6.74. The molecule has 0 saturated carbocycles. The molecule has 1 aliphatic heterocycles. The van der Waals surface area contributed by atoms with Gasteiger partial charge in [0.05, 0.1) is 18.8 Å². The maximum Gasteiger partial charge on any atom is 0.321 e. The van der Waals surface area contributed by atoms with Crippen molar-refractivity contribution in [2.24, 2.45) is 0 Å². The van der Waals surface area contributed by atoms with Crippen LogP contribution in [-0.2, 0) is 16.1 Å². The predicted molar refractivity (Wildman–Crippen MR) is 111 cm³/mol. The van der Waals surface area contributed by atoms with Gasteiger partial charge in [0.1, 0.15) is 0 Å². The number of hydrogen-bond donors (Lipinski definition) is 2. The molecular weight excluding hydrogens is 422 g/mol. The Morgan fingerprint density at radius 2 is 2.00 bits per heavy atom. The number of nitrogens with one attached hydrogen (secondary N) is 2. The van der Waals surface area contributed by atoms with Gasteiger partial charge in [-0.1, -0.05) is 58.4 Å². The number of halogens is 1. The minimum Gasteiger partial charge on any atom is -0.371 e. The number of carbonyl (C=O) groups is 2. The lowest BCUT2D eigenvalue weighted by Gasteiger charge is -2.36. The van der Waals surface area contributed by atoms with Crippen molar-refractivity contribution < 1.29 is 14.3 Å². The average Bonchev–Trinajstić information content (AvgIpc) is 2.72. The molecular formula is C21H24BrN3O3. The van der Waals surface area contributed by atoms with Gasteiger partial charge in [-0.15, -0.1) is 0 Å². The third-order valence-corrected chi connectivity index (χ3v) is 5.27. The minimum atomic E-state index is -0.488. The summed E-state index contributed by atoms with van der Waals surface area (Å²) >= 11 is 3.48. The van der Waals surface area contributed by atoms with Crippen molar-refractivity contribution in [3.63, 3.8) is 0 Å². The molecule has 0 aliphatic carbocycles. The Morgan fingerprint density at radius 3 is 2.75 bits per heavy atom. The second-order valence-corrected chi connectivity index (χ2v) is 7.66. The SMILES string of the molecule is CC(C(=O)NC(=O)NCc1ccccc1)N1CCOC(c2cccc(Br)c2)C1. The third-order valence-electron chi connectivity index (χ3n) is 4.78. The van der Waals surface area contributed by atoms with Crippen molar-refractivity contribution in [3.05, 3.63) is 70.2 Å². The van der Waals surface area contributed by atoms with Crippen LogP contribution in [0.3, 0.4) is 0 Å². The van der Waals surface area contributed by atoms with Gasteiger partial charge in [0.15, 0.2) is 0 Å². The monoisotopic (exact) mass is 445 g/mol. The average molecular weight is 446 g/mol. The van der Waals surface area contributed by atoms with Crippen molar-refractivity contribution in [2.75, 3.05) is 19.7 Å². The number of rotatable bonds is 5. The Balaban J connectivity index is 1.51. The molecule has 2 atom stereocenters. The van der Waals surface area contributed by atoms with E-state index in [9.17, 15) is 9.59 Å². The molecule has 3 amide bonds. The van der Waals surface area contributed by atoms with E-state index < -0.39 is 12.1 Å². The molecule has 1 heterocycles. The molecule has 2 N–H and O–H groups in total. The highest BCUT2D eigenvalue weighted by atomic mass is 79.9. The van der Waals surface area contributed by atoms with Crippen molar-refractivity contribution in [2.45, 2.75) is 25.6 Å². The Kier molecular flexibility index (Phi) is 7.19. The van der Waals surface area contributed by atoms with Crippen molar-refractivity contribution in [1.82, 2.24) is 15.5 Å². The fourth-order valence-corrected chi connectivity index (χ4v) is 3.55. The lowest BCUT2D eigenvalue weighted by Crippen LogP contribution is -2.52. The molecule has 1 saturated heterocycles. The highest BCUT2D eigenvalue weighted by molar-refractivity contribution is 9.10. The smallest absolute Gasteiger partial charge is 0.321 e. The summed E-state index contributed by atoms with van der Waals surface area (Å²) < 4.78 is 6.87. The number of nitrogens with zero attached hydrogens (tertiary/aromatic N) is 1. The number of hydrogen-bond acceptors (Lipinski definition) is 4. The number of urea groups is 1. The molecule has 2 unspecified atom stereocenters. The molecule has 3 rings (SSSR count). The van der Waals surface area contributed by atoms with Crippen LogP contribution in [0, 0.1) is 0 Å². The molecule has 2 aromatic rings. The summed E-state index contributed by atoms with van der Waals surface area (Å²) in [7, 11) is 0. The van der Waals surface area contributed by atoms with Crippen LogP contribution < -0.4 is 10.6 Å². The number of carbonyl (C=O) groups excluding carboxylic acids is 2. The van der Waals surface area contributed by atoms with Crippen LogP contribution in [0.25, 0.3) is 0 Å². The molecule has 2 aromatic carbocycles. The molecule has 0 radical (unpaired) electrons. The zero-order valence-corrected chi connectivity index (χ0v) is 17.3. The van der Waals surface area contributed by atoms with Gasteiger partial charge < -0.3 is 10.1 Å². The third kappa shape index (κ3) is 5.64. The molecule has 6 nitrogen and oxygen atoms in total. The standard InChI is InChI=1S/C21H24BrN3O3/c1-15(20(26)24-21(27)23-13-16-6-3-2-4-7-16)25-10-11-28-19(14-25)17-8-5-9-18(22)12-17/h2-9,12,15,19H,10-11,13-14H2,1H3,(H2,23,24,26,27). The summed E-state index contributed by atoms with van der Waals surface area (Å²) in [4.78, 5) is 26.6. The van der Waals surface area contributed by atoms with E-state index in [-0.39, 0.29) is 12.0 Å². The summed E-state index contributed by atoms with van der Waals surface area (Å²) in [5.41, 5.74) is 2.04. The Bertz CT molecular complexity index is 816. The van der Waals surface area contributed by atoms with Crippen LogP contribution in [0.2, 0.25) is 0 Å². The van der Waals surface area contributed by atoms with Crippen LogP contribution >= 0.6 is 15.9 Å². The zero-order chi connectivity index (χ0) is 19.9. The van der Waals surface area contributed by atoms with Crippen molar-refractivity contribution >= 4 is 27.9 Å².